The molecule has 1 aliphatic rings. The standard InChI is InChI=1S/C14H19ClFN/c1-10(16)14-11(5-4-7-13(14)15)9-12-6-2-3-8-17-12/h4-5,7,10,12,17H,2-3,6,8-9H2,1H3. The quantitative estimate of drug-likeness (QED) is 0.859. The van der Waals surface area contributed by atoms with Gasteiger partial charge in [0.1, 0.15) is 6.17 Å². The molecule has 1 saturated heterocycles. The van der Waals surface area contributed by atoms with Crippen LogP contribution in [0.25, 0.3) is 0 Å². The molecule has 2 unspecified atom stereocenters. The van der Waals surface area contributed by atoms with Crippen LogP contribution in [0.3, 0.4) is 0 Å². The summed E-state index contributed by atoms with van der Waals surface area (Å²) in [4.78, 5) is 0. The van der Waals surface area contributed by atoms with Gasteiger partial charge in [-0.3, -0.25) is 0 Å². The van der Waals surface area contributed by atoms with Gasteiger partial charge in [0.05, 0.1) is 0 Å². The number of nitrogens with one attached hydrogen (secondary N) is 1. The second-order valence-corrected chi connectivity index (χ2v) is 5.19. The third-order valence-electron chi connectivity index (χ3n) is 3.42. The molecule has 1 aromatic carbocycles. The summed E-state index contributed by atoms with van der Waals surface area (Å²) in [5.74, 6) is 0. The Morgan fingerprint density at radius 1 is 1.47 bits per heavy atom. The maximum Gasteiger partial charge on any atom is 0.124 e. The van der Waals surface area contributed by atoms with Crippen molar-refractivity contribution in [2.75, 3.05) is 6.54 Å². The lowest BCUT2D eigenvalue weighted by atomic mass is 9.93. The number of hydrogen-bond acceptors (Lipinski definition) is 1. The van der Waals surface area contributed by atoms with Crippen molar-refractivity contribution in [1.82, 2.24) is 5.32 Å². The molecule has 1 fully saturated rings. The first-order valence-corrected chi connectivity index (χ1v) is 6.71. The molecular weight excluding hydrogens is 237 g/mol. The van der Waals surface area contributed by atoms with Crippen LogP contribution in [0.4, 0.5) is 4.39 Å². The van der Waals surface area contributed by atoms with Crippen molar-refractivity contribution in [3.05, 3.63) is 34.3 Å². The zero-order valence-corrected chi connectivity index (χ0v) is 10.9. The van der Waals surface area contributed by atoms with Crippen LogP contribution in [0.15, 0.2) is 18.2 Å². The first-order valence-electron chi connectivity index (χ1n) is 6.33. The van der Waals surface area contributed by atoms with Gasteiger partial charge in [-0.25, -0.2) is 4.39 Å². The van der Waals surface area contributed by atoms with E-state index in [4.69, 9.17) is 11.6 Å². The predicted octanol–water partition coefficient (Wildman–Crippen LogP) is 4.06. The first kappa shape index (κ1) is 12.8. The topological polar surface area (TPSA) is 12.0 Å². The van der Waals surface area contributed by atoms with E-state index in [-0.39, 0.29) is 0 Å². The summed E-state index contributed by atoms with van der Waals surface area (Å²) in [7, 11) is 0. The van der Waals surface area contributed by atoms with Crippen molar-refractivity contribution >= 4 is 11.6 Å². The van der Waals surface area contributed by atoms with Crippen LogP contribution in [-0.2, 0) is 6.42 Å². The van der Waals surface area contributed by atoms with Crippen molar-refractivity contribution in [1.29, 1.82) is 0 Å². The Hall–Kier alpha value is -0.600. The van der Waals surface area contributed by atoms with Gasteiger partial charge < -0.3 is 5.32 Å². The van der Waals surface area contributed by atoms with Crippen molar-refractivity contribution in [2.24, 2.45) is 0 Å². The van der Waals surface area contributed by atoms with Gasteiger partial charge in [-0.1, -0.05) is 30.2 Å². The highest BCUT2D eigenvalue weighted by Crippen LogP contribution is 2.30. The number of alkyl halides is 1. The van der Waals surface area contributed by atoms with Crippen LogP contribution in [0, 0.1) is 0 Å². The van der Waals surface area contributed by atoms with Gasteiger partial charge in [-0.15, -0.1) is 0 Å². The number of hydrogen-bond donors (Lipinski definition) is 1. The fourth-order valence-electron chi connectivity index (χ4n) is 2.57. The molecular formula is C14H19ClFN. The first-order chi connectivity index (χ1) is 8.18. The Bertz CT molecular complexity index is 372. The highest BCUT2D eigenvalue weighted by atomic mass is 35.5. The highest BCUT2D eigenvalue weighted by molar-refractivity contribution is 6.31. The summed E-state index contributed by atoms with van der Waals surface area (Å²) in [5.41, 5.74) is 1.72. The molecule has 1 aromatic rings. The molecule has 0 bridgehead atoms. The van der Waals surface area contributed by atoms with Crippen molar-refractivity contribution in [3.63, 3.8) is 0 Å². The van der Waals surface area contributed by atoms with E-state index < -0.39 is 6.17 Å². The second kappa shape index (κ2) is 5.83. The average Bonchev–Trinajstić information content (AvgIpc) is 2.30. The van der Waals surface area contributed by atoms with Gasteiger partial charge >= 0.3 is 0 Å². The Balaban J connectivity index is 2.16. The lowest BCUT2D eigenvalue weighted by Gasteiger charge is -2.25. The Kier molecular flexibility index (Phi) is 4.41. The molecule has 1 heterocycles. The minimum Gasteiger partial charge on any atom is -0.314 e. The van der Waals surface area contributed by atoms with Gasteiger partial charge in [-0.2, -0.15) is 0 Å². The van der Waals surface area contributed by atoms with Crippen LogP contribution < -0.4 is 5.32 Å². The summed E-state index contributed by atoms with van der Waals surface area (Å²) < 4.78 is 13.6. The summed E-state index contributed by atoms with van der Waals surface area (Å²) in [6, 6.07) is 6.14. The van der Waals surface area contributed by atoms with Crippen LogP contribution in [0.5, 0.6) is 0 Å². The van der Waals surface area contributed by atoms with Crippen molar-refractivity contribution in [2.45, 2.75) is 44.8 Å². The number of benzene rings is 1. The molecule has 94 valence electrons. The number of rotatable bonds is 3. The molecule has 2 atom stereocenters. The highest BCUT2D eigenvalue weighted by Gasteiger charge is 2.18. The van der Waals surface area contributed by atoms with Crippen molar-refractivity contribution in [3.8, 4) is 0 Å². The number of piperidine rings is 1. The van der Waals surface area contributed by atoms with E-state index in [9.17, 15) is 4.39 Å². The van der Waals surface area contributed by atoms with Crippen LogP contribution in [0.1, 0.15) is 43.5 Å². The Morgan fingerprint density at radius 3 is 2.94 bits per heavy atom. The molecule has 0 aliphatic carbocycles. The second-order valence-electron chi connectivity index (χ2n) is 4.78. The Morgan fingerprint density at radius 2 is 2.29 bits per heavy atom. The predicted molar refractivity (Wildman–Crippen MR) is 70.3 cm³/mol. The van der Waals surface area contributed by atoms with Gasteiger partial charge in [0.15, 0.2) is 0 Å². The van der Waals surface area contributed by atoms with E-state index in [0.29, 0.717) is 16.6 Å². The molecule has 3 heteroatoms. The maximum atomic E-state index is 13.6. The van der Waals surface area contributed by atoms with E-state index in [0.717, 1.165) is 18.5 Å². The fraction of sp³-hybridized carbons (Fsp3) is 0.571. The van der Waals surface area contributed by atoms with Gasteiger partial charge in [0.2, 0.25) is 0 Å². The summed E-state index contributed by atoms with van der Waals surface area (Å²) in [6.45, 7) is 2.63. The van der Waals surface area contributed by atoms with Crippen LogP contribution in [-0.4, -0.2) is 12.6 Å². The average molecular weight is 256 g/mol. The molecule has 1 aliphatic heterocycles. The largest absolute Gasteiger partial charge is 0.314 e. The minimum atomic E-state index is -0.998. The maximum absolute atomic E-state index is 13.6. The Labute approximate surface area is 107 Å². The number of halogens is 2. The van der Waals surface area contributed by atoms with Crippen LogP contribution >= 0.6 is 11.6 Å². The normalized spacial score (nSPS) is 22.4. The third kappa shape index (κ3) is 3.20. The monoisotopic (exact) mass is 255 g/mol. The smallest absolute Gasteiger partial charge is 0.124 e. The van der Waals surface area contributed by atoms with Gasteiger partial charge in [0.25, 0.3) is 0 Å². The molecule has 17 heavy (non-hydrogen) atoms. The zero-order chi connectivity index (χ0) is 12.3. The molecule has 0 amide bonds. The lowest BCUT2D eigenvalue weighted by Crippen LogP contribution is -2.35. The molecule has 1 nitrogen and oxygen atoms in total. The fourth-order valence-corrected chi connectivity index (χ4v) is 2.91. The van der Waals surface area contributed by atoms with Gasteiger partial charge in [-0.05, 0) is 44.4 Å². The van der Waals surface area contributed by atoms with Crippen molar-refractivity contribution < 1.29 is 4.39 Å². The van der Waals surface area contributed by atoms with Gasteiger partial charge in [0, 0.05) is 16.6 Å². The molecule has 1 N–H and O–H groups in total. The minimum absolute atomic E-state index is 0.472. The van der Waals surface area contributed by atoms with E-state index in [1.807, 2.05) is 12.1 Å². The summed E-state index contributed by atoms with van der Waals surface area (Å²) in [6.07, 6.45) is 3.57. The van der Waals surface area contributed by atoms with E-state index in [2.05, 4.69) is 5.32 Å². The lowest BCUT2D eigenvalue weighted by molar-refractivity contribution is 0.365. The van der Waals surface area contributed by atoms with E-state index in [1.54, 1.807) is 13.0 Å². The van der Waals surface area contributed by atoms with E-state index in [1.165, 1.54) is 19.3 Å². The zero-order valence-electron chi connectivity index (χ0n) is 10.2. The SMILES string of the molecule is CC(F)c1c(Cl)cccc1CC1CCCCN1. The summed E-state index contributed by atoms with van der Waals surface area (Å²) >= 11 is 6.08. The molecule has 0 aromatic heterocycles. The molecule has 0 spiro atoms. The third-order valence-corrected chi connectivity index (χ3v) is 3.75. The molecule has 0 radical (unpaired) electrons. The van der Waals surface area contributed by atoms with E-state index >= 15 is 0 Å². The molecule has 2 rings (SSSR count). The molecule has 0 saturated carbocycles. The van der Waals surface area contributed by atoms with Crippen LogP contribution in [0.2, 0.25) is 5.02 Å². The summed E-state index contributed by atoms with van der Waals surface area (Å²) in [5, 5.41) is 4.04.